The number of amides is 2. The summed E-state index contributed by atoms with van der Waals surface area (Å²) in [6.07, 6.45) is 2.54. The van der Waals surface area contributed by atoms with Gasteiger partial charge in [-0.05, 0) is 43.9 Å². The summed E-state index contributed by atoms with van der Waals surface area (Å²) in [7, 11) is 0. The van der Waals surface area contributed by atoms with Gasteiger partial charge in [0.2, 0.25) is 0 Å². The number of urea groups is 1. The SMILES string of the molecule is Cc1onc(NC(=O)N2CC/C(=C\c3ccc(F)c(F)c3)C(C)C2)c1C. The number of hydrogen-bond donors (Lipinski definition) is 1. The Bertz CT molecular complexity index is 860. The van der Waals surface area contributed by atoms with Gasteiger partial charge in [0.1, 0.15) is 5.76 Å². The lowest BCUT2D eigenvalue weighted by Gasteiger charge is -2.33. The molecule has 1 saturated heterocycles. The third kappa shape index (κ3) is 3.76. The molecule has 1 unspecified atom stereocenters. The molecule has 2 amide bonds. The highest BCUT2D eigenvalue weighted by molar-refractivity contribution is 5.89. The number of piperidine rings is 1. The normalized spacial score (nSPS) is 19.0. The van der Waals surface area contributed by atoms with Crippen molar-refractivity contribution in [1.29, 1.82) is 0 Å². The van der Waals surface area contributed by atoms with Gasteiger partial charge in [0.15, 0.2) is 17.5 Å². The lowest BCUT2D eigenvalue weighted by molar-refractivity contribution is 0.197. The first-order valence-corrected chi connectivity index (χ1v) is 8.49. The monoisotopic (exact) mass is 361 g/mol. The van der Waals surface area contributed by atoms with Gasteiger partial charge in [0.05, 0.1) is 0 Å². The number of nitrogens with one attached hydrogen (secondary N) is 1. The second-order valence-corrected chi connectivity index (χ2v) is 6.63. The van der Waals surface area contributed by atoms with E-state index in [1.807, 2.05) is 19.9 Å². The molecule has 138 valence electrons. The van der Waals surface area contributed by atoms with Crippen LogP contribution in [0.3, 0.4) is 0 Å². The summed E-state index contributed by atoms with van der Waals surface area (Å²) in [5.41, 5.74) is 2.54. The molecule has 0 bridgehead atoms. The van der Waals surface area contributed by atoms with Crippen LogP contribution in [-0.4, -0.2) is 29.2 Å². The fraction of sp³-hybridized carbons (Fsp3) is 0.368. The number of rotatable bonds is 2. The number of nitrogens with zero attached hydrogens (tertiary/aromatic N) is 2. The predicted octanol–water partition coefficient (Wildman–Crippen LogP) is 4.53. The summed E-state index contributed by atoms with van der Waals surface area (Å²) in [5.74, 6) is -0.498. The van der Waals surface area contributed by atoms with Gasteiger partial charge in [-0.25, -0.2) is 13.6 Å². The second kappa shape index (κ2) is 7.27. The highest BCUT2D eigenvalue weighted by atomic mass is 19.2. The minimum absolute atomic E-state index is 0.114. The van der Waals surface area contributed by atoms with E-state index in [0.717, 1.165) is 17.2 Å². The van der Waals surface area contributed by atoms with E-state index in [0.29, 0.717) is 36.7 Å². The number of halogens is 2. The molecular formula is C19H21F2N3O2. The quantitative estimate of drug-likeness (QED) is 0.855. The van der Waals surface area contributed by atoms with E-state index >= 15 is 0 Å². The summed E-state index contributed by atoms with van der Waals surface area (Å²) >= 11 is 0. The maximum absolute atomic E-state index is 13.4. The Hall–Kier alpha value is -2.70. The van der Waals surface area contributed by atoms with Gasteiger partial charge in [-0.15, -0.1) is 0 Å². The number of aryl methyl sites for hydroxylation is 1. The minimum Gasteiger partial charge on any atom is -0.359 e. The molecule has 1 aliphatic rings. The van der Waals surface area contributed by atoms with Crippen molar-refractivity contribution in [3.8, 4) is 0 Å². The summed E-state index contributed by atoms with van der Waals surface area (Å²) in [4.78, 5) is 14.2. The van der Waals surface area contributed by atoms with Crippen LogP contribution in [0.15, 0.2) is 28.3 Å². The predicted molar refractivity (Wildman–Crippen MR) is 94.7 cm³/mol. The van der Waals surface area contributed by atoms with Crippen molar-refractivity contribution in [2.75, 3.05) is 18.4 Å². The molecule has 3 rings (SSSR count). The molecule has 2 heterocycles. The second-order valence-electron chi connectivity index (χ2n) is 6.63. The third-order valence-corrected chi connectivity index (χ3v) is 4.76. The average Bonchev–Trinajstić information content (AvgIpc) is 2.92. The molecule has 7 heteroatoms. The average molecular weight is 361 g/mol. The van der Waals surface area contributed by atoms with Crippen molar-refractivity contribution >= 4 is 17.9 Å². The maximum Gasteiger partial charge on any atom is 0.323 e. The van der Waals surface area contributed by atoms with Crippen LogP contribution < -0.4 is 5.32 Å². The molecule has 0 radical (unpaired) electrons. The molecule has 0 aliphatic carbocycles. The van der Waals surface area contributed by atoms with E-state index in [9.17, 15) is 13.6 Å². The van der Waals surface area contributed by atoms with E-state index < -0.39 is 11.6 Å². The number of carbonyl (C=O) groups excluding carboxylic acids is 1. The van der Waals surface area contributed by atoms with E-state index in [1.165, 1.54) is 6.07 Å². The zero-order valence-electron chi connectivity index (χ0n) is 15.0. The molecule has 1 N–H and O–H groups in total. The highest BCUT2D eigenvalue weighted by Crippen LogP contribution is 2.26. The van der Waals surface area contributed by atoms with Gasteiger partial charge >= 0.3 is 6.03 Å². The molecule has 0 spiro atoms. The Labute approximate surface area is 150 Å². The topological polar surface area (TPSA) is 58.4 Å². The first-order valence-electron chi connectivity index (χ1n) is 8.49. The van der Waals surface area contributed by atoms with E-state index in [1.54, 1.807) is 17.9 Å². The van der Waals surface area contributed by atoms with Gasteiger partial charge in [-0.2, -0.15) is 0 Å². The van der Waals surface area contributed by atoms with E-state index in [-0.39, 0.29) is 11.9 Å². The summed E-state index contributed by atoms with van der Waals surface area (Å²) < 4.78 is 31.5. The molecule has 2 aromatic rings. The molecule has 1 aliphatic heterocycles. The summed E-state index contributed by atoms with van der Waals surface area (Å²) in [6.45, 7) is 6.72. The lowest BCUT2D eigenvalue weighted by Crippen LogP contribution is -2.42. The van der Waals surface area contributed by atoms with Crippen LogP contribution in [0.5, 0.6) is 0 Å². The van der Waals surface area contributed by atoms with Gasteiger partial charge in [-0.3, -0.25) is 5.32 Å². The Morgan fingerprint density at radius 2 is 2.12 bits per heavy atom. The number of anilines is 1. The van der Waals surface area contributed by atoms with E-state index in [2.05, 4.69) is 10.5 Å². The Morgan fingerprint density at radius 3 is 2.73 bits per heavy atom. The molecule has 0 saturated carbocycles. The summed E-state index contributed by atoms with van der Waals surface area (Å²) in [5, 5.41) is 6.62. The minimum atomic E-state index is -0.859. The zero-order valence-corrected chi connectivity index (χ0v) is 15.0. The molecule has 5 nitrogen and oxygen atoms in total. The van der Waals surface area contributed by atoms with Crippen molar-refractivity contribution in [3.05, 3.63) is 52.3 Å². The van der Waals surface area contributed by atoms with Gasteiger partial charge in [0, 0.05) is 18.7 Å². The number of carbonyl (C=O) groups is 1. The highest BCUT2D eigenvalue weighted by Gasteiger charge is 2.25. The van der Waals surface area contributed by atoms with Crippen LogP contribution >= 0.6 is 0 Å². The summed E-state index contributed by atoms with van der Waals surface area (Å²) in [6, 6.07) is 3.63. The van der Waals surface area contributed by atoms with Crippen LogP contribution in [0.4, 0.5) is 19.4 Å². The van der Waals surface area contributed by atoms with Crippen molar-refractivity contribution < 1.29 is 18.1 Å². The first kappa shape index (κ1) is 18.1. The number of hydrogen-bond acceptors (Lipinski definition) is 3. The Morgan fingerprint density at radius 1 is 1.35 bits per heavy atom. The molecule has 1 aromatic heterocycles. The first-order chi connectivity index (χ1) is 12.3. The molecule has 1 fully saturated rings. The van der Waals surface area contributed by atoms with Crippen molar-refractivity contribution in [3.63, 3.8) is 0 Å². The molecule has 1 atom stereocenters. The van der Waals surface area contributed by atoms with Crippen LogP contribution in [0, 0.1) is 31.4 Å². The zero-order chi connectivity index (χ0) is 18.8. The smallest absolute Gasteiger partial charge is 0.323 e. The van der Waals surface area contributed by atoms with E-state index in [4.69, 9.17) is 4.52 Å². The Balaban J connectivity index is 1.66. The van der Waals surface area contributed by atoms with Gasteiger partial charge < -0.3 is 9.42 Å². The number of likely N-dealkylation sites (tertiary alicyclic amines) is 1. The largest absolute Gasteiger partial charge is 0.359 e. The van der Waals surface area contributed by atoms with Crippen LogP contribution in [-0.2, 0) is 0 Å². The molecule has 26 heavy (non-hydrogen) atoms. The van der Waals surface area contributed by atoms with Crippen molar-refractivity contribution in [2.24, 2.45) is 5.92 Å². The molecular weight excluding hydrogens is 340 g/mol. The number of benzene rings is 1. The van der Waals surface area contributed by atoms with Crippen molar-refractivity contribution in [2.45, 2.75) is 27.2 Å². The van der Waals surface area contributed by atoms with Crippen LogP contribution in [0.1, 0.15) is 30.2 Å². The fourth-order valence-corrected chi connectivity index (χ4v) is 2.98. The van der Waals surface area contributed by atoms with Crippen LogP contribution in [0.25, 0.3) is 6.08 Å². The maximum atomic E-state index is 13.4. The van der Waals surface area contributed by atoms with Crippen molar-refractivity contribution in [1.82, 2.24) is 10.1 Å². The fourth-order valence-electron chi connectivity index (χ4n) is 2.98. The van der Waals surface area contributed by atoms with Gasteiger partial charge in [0.25, 0.3) is 0 Å². The van der Waals surface area contributed by atoms with Crippen LogP contribution in [0.2, 0.25) is 0 Å². The van der Waals surface area contributed by atoms with Gasteiger partial charge in [-0.1, -0.05) is 29.8 Å². The number of aromatic nitrogens is 1. The molecule has 1 aromatic carbocycles. The standard InChI is InChI=1S/C19H21F2N3O2/c1-11-10-24(19(25)22-18-12(2)13(3)26-23-18)7-6-15(11)8-14-4-5-16(20)17(21)9-14/h4-5,8-9,11H,6-7,10H2,1-3H3,(H,22,23,25)/b15-8+. The Kier molecular flexibility index (Phi) is 5.06. The third-order valence-electron chi connectivity index (χ3n) is 4.76. The lowest BCUT2D eigenvalue weighted by atomic mass is 9.91.